The second kappa shape index (κ2) is 8.70. The average Bonchev–Trinajstić information content (AvgIpc) is 2.51. The highest BCUT2D eigenvalue weighted by molar-refractivity contribution is 5.85. The second-order valence-corrected chi connectivity index (χ2v) is 5.84. The van der Waals surface area contributed by atoms with Crippen LogP contribution in [0, 0.1) is 5.92 Å². The maximum absolute atomic E-state index is 12.6. The molecule has 1 aliphatic heterocycles. The third-order valence-electron chi connectivity index (χ3n) is 4.17. The SMILES string of the molecule is Cl.O=C(C1CNC1)N(CCc1ccccc1)Cc1ccccc1. The molecule has 23 heavy (non-hydrogen) atoms. The number of nitrogens with zero attached hydrogens (tertiary/aromatic N) is 1. The van der Waals surface area contributed by atoms with Crippen LogP contribution in [0.4, 0.5) is 0 Å². The predicted molar refractivity (Wildman–Crippen MR) is 95.6 cm³/mol. The van der Waals surface area contributed by atoms with Crippen LogP contribution in [0.1, 0.15) is 11.1 Å². The Morgan fingerprint density at radius 1 is 0.957 bits per heavy atom. The van der Waals surface area contributed by atoms with Crippen molar-refractivity contribution in [3.63, 3.8) is 0 Å². The lowest BCUT2D eigenvalue weighted by molar-refractivity contribution is -0.137. The van der Waals surface area contributed by atoms with Gasteiger partial charge in [0.2, 0.25) is 5.91 Å². The van der Waals surface area contributed by atoms with Crippen LogP contribution in [0.2, 0.25) is 0 Å². The molecule has 1 amide bonds. The van der Waals surface area contributed by atoms with Gasteiger partial charge in [-0.15, -0.1) is 12.4 Å². The van der Waals surface area contributed by atoms with Crippen LogP contribution in [0.5, 0.6) is 0 Å². The van der Waals surface area contributed by atoms with E-state index in [-0.39, 0.29) is 24.2 Å². The van der Waals surface area contributed by atoms with E-state index in [4.69, 9.17) is 0 Å². The second-order valence-electron chi connectivity index (χ2n) is 5.84. The Morgan fingerprint density at radius 3 is 2.04 bits per heavy atom. The van der Waals surface area contributed by atoms with Gasteiger partial charge in [-0.1, -0.05) is 60.7 Å². The number of hydrogen-bond donors (Lipinski definition) is 1. The van der Waals surface area contributed by atoms with E-state index in [9.17, 15) is 4.79 Å². The molecule has 1 saturated heterocycles. The molecule has 1 aliphatic rings. The molecule has 0 aliphatic carbocycles. The van der Waals surface area contributed by atoms with E-state index >= 15 is 0 Å². The lowest BCUT2D eigenvalue weighted by Gasteiger charge is -2.32. The van der Waals surface area contributed by atoms with Gasteiger partial charge in [0.1, 0.15) is 0 Å². The first kappa shape index (κ1) is 17.5. The van der Waals surface area contributed by atoms with Gasteiger partial charge in [-0.2, -0.15) is 0 Å². The van der Waals surface area contributed by atoms with Crippen molar-refractivity contribution in [2.24, 2.45) is 5.92 Å². The van der Waals surface area contributed by atoms with E-state index in [0.29, 0.717) is 6.54 Å². The minimum Gasteiger partial charge on any atom is -0.338 e. The molecule has 2 aromatic rings. The molecular weight excluding hydrogens is 308 g/mol. The largest absolute Gasteiger partial charge is 0.338 e. The van der Waals surface area contributed by atoms with Crippen LogP contribution in [-0.2, 0) is 17.8 Å². The minimum atomic E-state index is 0. The third kappa shape index (κ3) is 4.81. The van der Waals surface area contributed by atoms with Gasteiger partial charge in [0.25, 0.3) is 0 Å². The number of hydrogen-bond acceptors (Lipinski definition) is 2. The average molecular weight is 331 g/mol. The first-order valence-electron chi connectivity index (χ1n) is 7.90. The molecule has 0 radical (unpaired) electrons. The van der Waals surface area contributed by atoms with Gasteiger partial charge in [0.15, 0.2) is 0 Å². The zero-order chi connectivity index (χ0) is 15.2. The van der Waals surface area contributed by atoms with Crippen molar-refractivity contribution in [1.82, 2.24) is 10.2 Å². The maximum Gasteiger partial charge on any atom is 0.228 e. The fourth-order valence-corrected chi connectivity index (χ4v) is 2.70. The quantitative estimate of drug-likeness (QED) is 0.883. The van der Waals surface area contributed by atoms with Crippen molar-refractivity contribution in [1.29, 1.82) is 0 Å². The van der Waals surface area contributed by atoms with Crippen molar-refractivity contribution in [2.75, 3.05) is 19.6 Å². The molecule has 0 bridgehead atoms. The lowest BCUT2D eigenvalue weighted by Crippen LogP contribution is -2.52. The number of rotatable bonds is 6. The minimum absolute atomic E-state index is 0. The number of nitrogens with one attached hydrogen (secondary N) is 1. The number of benzene rings is 2. The Kier molecular flexibility index (Phi) is 6.63. The Bertz CT molecular complexity index is 599. The van der Waals surface area contributed by atoms with Gasteiger partial charge < -0.3 is 10.2 Å². The van der Waals surface area contributed by atoms with Crippen LogP contribution in [-0.4, -0.2) is 30.4 Å². The fourth-order valence-electron chi connectivity index (χ4n) is 2.70. The van der Waals surface area contributed by atoms with Gasteiger partial charge >= 0.3 is 0 Å². The van der Waals surface area contributed by atoms with E-state index in [1.807, 2.05) is 29.2 Å². The first-order chi connectivity index (χ1) is 10.8. The van der Waals surface area contributed by atoms with E-state index in [0.717, 1.165) is 26.1 Å². The summed E-state index contributed by atoms with van der Waals surface area (Å²) in [6, 6.07) is 20.6. The molecule has 1 N–H and O–H groups in total. The summed E-state index contributed by atoms with van der Waals surface area (Å²) in [5.41, 5.74) is 2.47. The van der Waals surface area contributed by atoms with Crippen molar-refractivity contribution in [3.05, 3.63) is 71.8 Å². The number of amides is 1. The molecule has 1 heterocycles. The summed E-state index contributed by atoms with van der Waals surface area (Å²) in [5, 5.41) is 3.19. The van der Waals surface area contributed by atoms with Crippen molar-refractivity contribution in [3.8, 4) is 0 Å². The van der Waals surface area contributed by atoms with Crippen molar-refractivity contribution >= 4 is 18.3 Å². The molecule has 1 fully saturated rings. The first-order valence-corrected chi connectivity index (χ1v) is 7.90. The summed E-state index contributed by atoms with van der Waals surface area (Å²) < 4.78 is 0. The van der Waals surface area contributed by atoms with E-state index in [1.54, 1.807) is 0 Å². The summed E-state index contributed by atoms with van der Waals surface area (Å²) in [6.07, 6.45) is 0.902. The summed E-state index contributed by atoms with van der Waals surface area (Å²) in [5.74, 6) is 0.429. The fraction of sp³-hybridized carbons (Fsp3) is 0.316. The van der Waals surface area contributed by atoms with Crippen LogP contribution >= 0.6 is 12.4 Å². The maximum atomic E-state index is 12.6. The van der Waals surface area contributed by atoms with E-state index in [1.165, 1.54) is 11.1 Å². The molecule has 3 rings (SSSR count). The molecule has 0 unspecified atom stereocenters. The van der Waals surface area contributed by atoms with Crippen molar-refractivity contribution in [2.45, 2.75) is 13.0 Å². The van der Waals surface area contributed by atoms with E-state index in [2.05, 4.69) is 41.7 Å². The summed E-state index contributed by atoms with van der Waals surface area (Å²) >= 11 is 0. The third-order valence-corrected chi connectivity index (χ3v) is 4.17. The molecule has 122 valence electrons. The van der Waals surface area contributed by atoms with Crippen molar-refractivity contribution < 1.29 is 4.79 Å². The Hall–Kier alpha value is -1.84. The predicted octanol–water partition coefficient (Wildman–Crippen LogP) is 2.90. The molecular formula is C19H23ClN2O. The van der Waals surface area contributed by atoms with Crippen LogP contribution in [0.15, 0.2) is 60.7 Å². The summed E-state index contributed by atoms with van der Waals surface area (Å²) in [4.78, 5) is 14.6. The van der Waals surface area contributed by atoms with Crippen LogP contribution < -0.4 is 5.32 Å². The highest BCUT2D eigenvalue weighted by atomic mass is 35.5. The molecule has 0 atom stereocenters. The molecule has 0 spiro atoms. The lowest BCUT2D eigenvalue weighted by atomic mass is 10.0. The summed E-state index contributed by atoms with van der Waals surface area (Å²) in [6.45, 7) is 3.10. The normalized spacial score (nSPS) is 13.7. The van der Waals surface area contributed by atoms with Gasteiger partial charge in [-0.05, 0) is 17.5 Å². The van der Waals surface area contributed by atoms with Crippen LogP contribution in [0.25, 0.3) is 0 Å². The molecule has 0 saturated carbocycles. The highest BCUT2D eigenvalue weighted by Crippen LogP contribution is 2.13. The zero-order valence-corrected chi connectivity index (χ0v) is 14.0. The number of carbonyl (C=O) groups is 1. The van der Waals surface area contributed by atoms with E-state index < -0.39 is 0 Å². The van der Waals surface area contributed by atoms with Gasteiger partial charge in [0.05, 0.1) is 5.92 Å². The zero-order valence-electron chi connectivity index (χ0n) is 13.2. The molecule has 3 nitrogen and oxygen atoms in total. The number of carbonyl (C=O) groups excluding carboxylic acids is 1. The summed E-state index contributed by atoms with van der Waals surface area (Å²) in [7, 11) is 0. The topological polar surface area (TPSA) is 32.3 Å². The molecule has 4 heteroatoms. The van der Waals surface area contributed by atoms with Crippen LogP contribution in [0.3, 0.4) is 0 Å². The standard InChI is InChI=1S/C19H22N2O.ClH/c22-19(18-13-20-14-18)21(15-17-9-5-2-6-10-17)12-11-16-7-3-1-4-8-16;/h1-10,18,20H,11-15H2;1H. The van der Waals surface area contributed by atoms with Gasteiger partial charge in [0, 0.05) is 26.2 Å². The van der Waals surface area contributed by atoms with Gasteiger partial charge in [-0.25, -0.2) is 0 Å². The highest BCUT2D eigenvalue weighted by Gasteiger charge is 2.29. The number of halogens is 1. The Morgan fingerprint density at radius 2 is 1.52 bits per heavy atom. The Balaban J connectivity index is 0.00000192. The molecule has 2 aromatic carbocycles. The monoisotopic (exact) mass is 330 g/mol. The molecule has 0 aromatic heterocycles. The smallest absolute Gasteiger partial charge is 0.228 e. The Labute approximate surface area is 144 Å². The van der Waals surface area contributed by atoms with Gasteiger partial charge in [-0.3, -0.25) is 4.79 Å².